The number of nitrogens with one attached hydrogen (secondary N) is 5. The maximum atomic E-state index is 14.8. The SMILES string of the molecule is Cc1ccc(-n2c(C(=O)NCc3ccc(-n4c(C(=O)Nc5ccc(-n6c(C(N)=O)nnc6-c6cc(S(=O)(=O)NCCN7CCOCC7)c(O)cc6O)cc5)nnc4-c4cc(S(=O)(=O)NCC(C)C)c(O)cc4O)cc3)nnc2-c2cc(S(=O)(=O)NC(C)COc3cc(O)c(S(=O)(=O)N4CCOCC4)cc3-c3nnc(C(N)=O)n3-c3ccc(C)cc3)c(O)cc2O)cc1. The summed E-state index contributed by atoms with van der Waals surface area (Å²) in [6, 6.07) is 30.4. The minimum atomic E-state index is -4.90. The number of carbonyl (C=O) groups is 4. The molecule has 0 radical (unpaired) electrons. The Kier molecular flexibility index (Phi) is 25.6. The summed E-state index contributed by atoms with van der Waals surface area (Å²) in [5.41, 5.74) is 13.1. The minimum absolute atomic E-state index is 0.0456. The molecule has 14 rings (SSSR count). The smallest absolute Gasteiger partial charge is 0.293 e. The molecule has 47 heteroatoms. The predicted octanol–water partition coefficient (Wildman–Crippen LogP) is 3.93. The number of phenolic OH excluding ortho intramolecular Hbond substituents is 7. The molecule has 127 heavy (non-hydrogen) atoms. The van der Waals surface area contributed by atoms with E-state index in [2.05, 4.69) is 65.6 Å². The Hall–Kier alpha value is -13.9. The lowest BCUT2D eigenvalue weighted by molar-refractivity contribution is 0.0390. The largest absolute Gasteiger partial charge is 0.507 e. The molecular formula is C80H83N21O22S4. The summed E-state index contributed by atoms with van der Waals surface area (Å²) >= 11 is 0. The molecule has 0 bridgehead atoms. The second-order valence-corrected chi connectivity index (χ2v) is 36.8. The standard InChI is InChI=1S/C80H83N21O22S4/c1-43(2)40-85-125(115,116)66-33-54(58(103)37-61(66)106)73-89-94-78(80(112)86-48-12-20-52(21-13-48)98-71(87-91-75(98)69(81)109)53-32-65(60(105)36-57(53)102)124(113,114)84-22-23-96-24-28-121-29-25-96)101(73)51-18-10-47(11-19-51)41-83-79(111)77-93-88-72(100(77)50-16-8-45(4)9-17-50)55-34-67(62(107)38-59(55)104)126(117,118)95-46(5)42-123-64-39-63(108)68(127(119,120)97-26-30-122-31-27-97)35-56(64)74-90-92-76(70(82)110)99(74)49-14-6-44(3)7-15-49/h6-21,32-39,43,46,84-85,95,102-108H,22-31,40-42H2,1-5H3,(H2,81,109)(H2,82,110)(H,83,111)(H,86,112). The fourth-order valence-electron chi connectivity index (χ4n) is 13.7. The number of hydrogen-bond acceptors (Lipinski definition) is 31. The van der Waals surface area contributed by atoms with Gasteiger partial charge in [-0.2, -0.15) is 4.31 Å². The number of sulfonamides is 4. The van der Waals surface area contributed by atoms with E-state index < -0.39 is 154 Å². The molecule has 2 aliphatic heterocycles. The van der Waals surface area contributed by atoms with Gasteiger partial charge in [0.25, 0.3) is 23.6 Å². The Labute approximate surface area is 724 Å². The number of nitrogens with zero attached hydrogens (tertiary/aromatic N) is 14. The van der Waals surface area contributed by atoms with Crippen molar-refractivity contribution in [3.8, 4) is 114 Å². The Balaban J connectivity index is 0.730. The van der Waals surface area contributed by atoms with Gasteiger partial charge in [0.15, 0.2) is 23.3 Å². The van der Waals surface area contributed by atoms with Gasteiger partial charge in [-0.05, 0) is 117 Å². The molecule has 0 spiro atoms. The highest BCUT2D eigenvalue weighted by Gasteiger charge is 2.36. The molecule has 12 aromatic rings. The first-order chi connectivity index (χ1) is 60.4. The van der Waals surface area contributed by atoms with Crippen molar-refractivity contribution in [2.24, 2.45) is 17.4 Å². The summed E-state index contributed by atoms with van der Waals surface area (Å²) < 4.78 is 142. The molecule has 664 valence electrons. The van der Waals surface area contributed by atoms with Crippen LogP contribution in [0.4, 0.5) is 5.69 Å². The molecule has 2 fully saturated rings. The summed E-state index contributed by atoms with van der Waals surface area (Å²) in [5.74, 6) is -12.9. The molecule has 4 amide bonds. The highest BCUT2D eigenvalue weighted by molar-refractivity contribution is 7.90. The summed E-state index contributed by atoms with van der Waals surface area (Å²) in [5, 5.41) is 118. The van der Waals surface area contributed by atoms with Crippen molar-refractivity contribution in [2.45, 2.75) is 66.8 Å². The number of aromatic nitrogens is 12. The van der Waals surface area contributed by atoms with Gasteiger partial charge in [-0.25, -0.2) is 47.8 Å². The summed E-state index contributed by atoms with van der Waals surface area (Å²) in [6.07, 6.45) is 0. The minimum Gasteiger partial charge on any atom is -0.507 e. The highest BCUT2D eigenvalue weighted by atomic mass is 32.2. The van der Waals surface area contributed by atoms with Crippen LogP contribution in [0, 0.1) is 19.8 Å². The summed E-state index contributed by atoms with van der Waals surface area (Å²) in [4.78, 5) is 54.5. The van der Waals surface area contributed by atoms with Gasteiger partial charge in [-0.3, -0.25) is 42.3 Å². The maximum Gasteiger partial charge on any atom is 0.293 e. The normalized spacial score (nSPS) is 14.0. The molecule has 0 aliphatic carbocycles. The van der Waals surface area contributed by atoms with Crippen molar-refractivity contribution in [3.63, 3.8) is 0 Å². The molecule has 4 aromatic heterocycles. The van der Waals surface area contributed by atoms with Crippen molar-refractivity contribution in [3.05, 3.63) is 186 Å². The number of aromatic hydroxyl groups is 7. The van der Waals surface area contributed by atoms with Gasteiger partial charge in [0.05, 0.1) is 54.7 Å². The molecular weight excluding hydrogens is 1740 g/mol. The van der Waals surface area contributed by atoms with Crippen LogP contribution in [0.2, 0.25) is 0 Å². The van der Waals surface area contributed by atoms with Crippen LogP contribution in [0.5, 0.6) is 46.0 Å². The quantitative estimate of drug-likeness (QED) is 0.0284. The number of hydrogen-bond donors (Lipinski definition) is 14. The number of anilines is 1. The van der Waals surface area contributed by atoms with E-state index in [0.717, 1.165) is 73.1 Å². The average Bonchev–Trinajstić information content (AvgIpc) is 1.77. The summed E-state index contributed by atoms with van der Waals surface area (Å²) in [6.45, 7) is 9.90. The van der Waals surface area contributed by atoms with Crippen LogP contribution in [0.15, 0.2) is 165 Å². The third-order valence-corrected chi connectivity index (χ3v) is 26.7. The second-order valence-electron chi connectivity index (χ2n) is 29.8. The second kappa shape index (κ2) is 36.4. The number of amides is 4. The predicted molar refractivity (Wildman–Crippen MR) is 452 cm³/mol. The third-order valence-electron chi connectivity index (χ3n) is 20.2. The molecule has 6 heterocycles. The number of rotatable bonds is 32. The van der Waals surface area contributed by atoms with E-state index in [1.807, 2.05) is 11.8 Å². The third kappa shape index (κ3) is 18.9. The zero-order chi connectivity index (χ0) is 90.9. The Morgan fingerprint density at radius 2 is 0.835 bits per heavy atom. The van der Waals surface area contributed by atoms with E-state index in [1.165, 1.54) is 64.6 Å². The van der Waals surface area contributed by atoms with Crippen LogP contribution < -0.4 is 41.0 Å². The monoisotopic (exact) mass is 1820 g/mol. The maximum absolute atomic E-state index is 14.8. The number of benzene rings is 8. The summed E-state index contributed by atoms with van der Waals surface area (Å²) in [7, 11) is -18.3. The van der Waals surface area contributed by atoms with Gasteiger partial charge in [0.2, 0.25) is 63.4 Å². The van der Waals surface area contributed by atoms with Gasteiger partial charge in [0, 0.05) is 105 Å². The van der Waals surface area contributed by atoms with Crippen molar-refractivity contribution in [2.75, 3.05) is 84.2 Å². The number of ether oxygens (including phenoxy) is 3. The molecule has 0 saturated carbocycles. The fourth-order valence-corrected chi connectivity index (χ4v) is 19.0. The Bertz CT molecular complexity index is 6760. The van der Waals surface area contributed by atoms with Crippen LogP contribution in [0.3, 0.4) is 0 Å². The first-order valence-corrected chi connectivity index (χ1v) is 44.7. The fraction of sp³-hybridized carbons (Fsp3) is 0.250. The van der Waals surface area contributed by atoms with Gasteiger partial charge < -0.3 is 72.1 Å². The zero-order valence-corrected chi connectivity index (χ0v) is 71.3. The molecule has 8 aromatic carbocycles. The van der Waals surface area contributed by atoms with Crippen molar-refractivity contribution in [1.29, 1.82) is 0 Å². The highest BCUT2D eigenvalue weighted by Crippen LogP contribution is 2.44. The number of aryl methyl sites for hydroxylation is 2. The van der Waals surface area contributed by atoms with E-state index in [-0.39, 0.29) is 132 Å². The molecule has 2 aliphatic rings. The van der Waals surface area contributed by atoms with E-state index in [4.69, 9.17) is 25.7 Å². The number of phenols is 7. The first kappa shape index (κ1) is 89.4. The number of carbonyl (C=O) groups excluding carboxylic acids is 4. The van der Waals surface area contributed by atoms with Crippen LogP contribution in [-0.4, -0.2) is 246 Å². The van der Waals surface area contributed by atoms with Crippen LogP contribution in [-0.2, 0) is 56.1 Å². The van der Waals surface area contributed by atoms with Gasteiger partial charge >= 0.3 is 0 Å². The number of nitrogens with two attached hydrogens (primary N) is 2. The van der Waals surface area contributed by atoms with Crippen molar-refractivity contribution in [1.82, 2.24) is 87.7 Å². The van der Waals surface area contributed by atoms with E-state index in [1.54, 1.807) is 69.3 Å². The zero-order valence-electron chi connectivity index (χ0n) is 68.0. The van der Waals surface area contributed by atoms with Gasteiger partial charge in [-0.15, -0.1) is 40.8 Å². The van der Waals surface area contributed by atoms with Gasteiger partial charge in [0.1, 0.15) is 72.2 Å². The molecule has 16 N–H and O–H groups in total. The Morgan fingerprint density at radius 1 is 0.449 bits per heavy atom. The van der Waals surface area contributed by atoms with E-state index in [0.29, 0.717) is 44.1 Å². The molecule has 43 nitrogen and oxygen atoms in total. The molecule has 1 atom stereocenters. The number of primary amides is 2. The van der Waals surface area contributed by atoms with Crippen LogP contribution in [0.1, 0.15) is 79.9 Å². The molecule has 1 unspecified atom stereocenters. The average molecular weight is 1820 g/mol. The lowest BCUT2D eigenvalue weighted by Gasteiger charge is -2.27. The van der Waals surface area contributed by atoms with Gasteiger partial charge in [-0.1, -0.05) is 61.4 Å². The van der Waals surface area contributed by atoms with Crippen molar-refractivity contribution >= 4 is 69.4 Å². The van der Waals surface area contributed by atoms with E-state index in [9.17, 15) is 88.6 Å². The topological polar surface area (TPSA) is 616 Å². The number of morpholine rings is 2. The van der Waals surface area contributed by atoms with E-state index >= 15 is 0 Å². The van der Waals surface area contributed by atoms with Crippen LogP contribution >= 0.6 is 0 Å². The van der Waals surface area contributed by atoms with Crippen molar-refractivity contribution < 1.29 is 103 Å². The molecule has 2 saturated heterocycles. The lowest BCUT2D eigenvalue weighted by atomic mass is 10.1. The lowest BCUT2D eigenvalue weighted by Crippen LogP contribution is -2.41. The first-order valence-electron chi connectivity index (χ1n) is 38.8. The van der Waals surface area contributed by atoms with Crippen LogP contribution in [0.25, 0.3) is 68.3 Å². The Morgan fingerprint density at radius 3 is 1.29 bits per heavy atom.